The monoisotopic (exact) mass is 414 g/mol. The maximum atomic E-state index is 12.4. The molecule has 3 aromatic rings. The smallest absolute Gasteiger partial charge is 0.159 e. The van der Waals surface area contributed by atoms with E-state index in [9.17, 15) is 9.18 Å². The van der Waals surface area contributed by atoms with Crippen LogP contribution in [0.25, 0.3) is 5.57 Å². The molecule has 3 rings (SSSR count). The molecule has 0 N–H and O–H groups in total. The van der Waals surface area contributed by atoms with Crippen LogP contribution < -0.4 is 0 Å². The Labute approximate surface area is 186 Å². The van der Waals surface area contributed by atoms with Gasteiger partial charge in [0.2, 0.25) is 0 Å². The highest BCUT2D eigenvalue weighted by atomic mass is 19.1. The Kier molecular flexibility index (Phi) is 12.0. The lowest BCUT2D eigenvalue weighted by Crippen LogP contribution is -1.91. The van der Waals surface area contributed by atoms with Crippen molar-refractivity contribution in [2.45, 2.75) is 40.5 Å². The van der Waals surface area contributed by atoms with Crippen LogP contribution in [-0.2, 0) is 0 Å². The molecule has 0 radical (unpaired) electrons. The molecule has 3 aromatic carbocycles. The molecule has 0 saturated carbocycles. The summed E-state index contributed by atoms with van der Waals surface area (Å²) in [5, 5.41) is 0. The Morgan fingerprint density at radius 1 is 0.839 bits per heavy atom. The van der Waals surface area contributed by atoms with E-state index in [1.807, 2.05) is 44.2 Å². The second-order valence-electron chi connectivity index (χ2n) is 6.61. The molecular weight excluding hydrogens is 383 g/mol. The van der Waals surface area contributed by atoms with Gasteiger partial charge < -0.3 is 0 Å². The quantitative estimate of drug-likeness (QED) is 0.313. The molecule has 0 fully saturated rings. The first-order valence-corrected chi connectivity index (χ1v) is 10.6. The first-order valence-electron chi connectivity index (χ1n) is 10.6. The Balaban J connectivity index is 0.000000337. The van der Waals surface area contributed by atoms with Gasteiger partial charge in [-0.25, -0.2) is 4.39 Å². The number of hydrogen-bond donors (Lipinski definition) is 0. The van der Waals surface area contributed by atoms with Gasteiger partial charge in [-0.05, 0) is 60.9 Å². The van der Waals surface area contributed by atoms with Crippen LogP contribution in [0.1, 0.15) is 67.6 Å². The molecule has 0 aromatic heterocycles. The summed E-state index contributed by atoms with van der Waals surface area (Å²) < 4.78 is 12.4. The van der Waals surface area contributed by atoms with Crippen molar-refractivity contribution in [1.29, 1.82) is 0 Å². The highest BCUT2D eigenvalue weighted by Gasteiger charge is 1.98. The second kappa shape index (κ2) is 14.5. The fourth-order valence-corrected chi connectivity index (χ4v) is 2.61. The number of benzene rings is 3. The zero-order valence-electron chi connectivity index (χ0n) is 18.9. The van der Waals surface area contributed by atoms with E-state index in [0.717, 1.165) is 24.0 Å². The fraction of sp³-hybridized carbons (Fsp3) is 0.207. The molecule has 1 nitrogen and oxygen atoms in total. The lowest BCUT2D eigenvalue weighted by molar-refractivity contribution is 0.101. The highest BCUT2D eigenvalue weighted by molar-refractivity contribution is 5.93. The highest BCUT2D eigenvalue weighted by Crippen LogP contribution is 2.17. The number of allylic oxidation sites excluding steroid dienone is 1. The van der Waals surface area contributed by atoms with Crippen LogP contribution in [0.5, 0.6) is 0 Å². The zero-order valence-corrected chi connectivity index (χ0v) is 18.9. The largest absolute Gasteiger partial charge is 0.295 e. The SMILES string of the molecule is C=C(CCC)c1ccc(C#Cc2ccccc2)cc1.CC.CC(=O)c1cccc(F)c1. The molecular formula is C29H31FO. The van der Waals surface area contributed by atoms with Gasteiger partial charge in [0.05, 0.1) is 0 Å². The maximum Gasteiger partial charge on any atom is 0.159 e. The standard InChI is InChI=1S/C19H18.C8H7FO.C2H6/c1-3-7-16(2)19-14-12-18(13-15-19)11-10-17-8-5-4-6-9-17;1-6(10)7-3-2-4-8(9)5-7;1-2/h4-6,8-9,12-15H,2-3,7H2,1H3;2-5H,1H3;1-2H3. The third-order valence-electron chi connectivity index (χ3n) is 4.20. The number of rotatable bonds is 4. The van der Waals surface area contributed by atoms with Crippen molar-refractivity contribution in [1.82, 2.24) is 0 Å². The van der Waals surface area contributed by atoms with E-state index in [2.05, 4.69) is 49.6 Å². The molecule has 0 saturated heterocycles. The van der Waals surface area contributed by atoms with Gasteiger partial charge in [0.25, 0.3) is 0 Å². The molecule has 0 spiro atoms. The van der Waals surface area contributed by atoms with Crippen molar-refractivity contribution in [3.8, 4) is 11.8 Å². The summed E-state index contributed by atoms with van der Waals surface area (Å²) in [4.78, 5) is 10.6. The summed E-state index contributed by atoms with van der Waals surface area (Å²) in [5.74, 6) is 5.86. The van der Waals surface area contributed by atoms with Crippen LogP contribution in [0.3, 0.4) is 0 Å². The van der Waals surface area contributed by atoms with E-state index >= 15 is 0 Å². The minimum atomic E-state index is -0.368. The summed E-state index contributed by atoms with van der Waals surface area (Å²) in [6.07, 6.45) is 2.18. The number of carbonyl (C=O) groups is 1. The van der Waals surface area contributed by atoms with Crippen LogP contribution in [-0.4, -0.2) is 5.78 Å². The van der Waals surface area contributed by atoms with Crippen LogP contribution >= 0.6 is 0 Å². The predicted octanol–water partition coefficient (Wildman–Crippen LogP) is 7.95. The third kappa shape index (κ3) is 9.74. The molecule has 0 aliphatic carbocycles. The number of ketones is 1. The Bertz CT molecular complexity index is 1010. The summed E-state index contributed by atoms with van der Waals surface area (Å²) in [6.45, 7) is 11.7. The van der Waals surface area contributed by atoms with E-state index in [0.29, 0.717) is 5.56 Å². The summed E-state index contributed by atoms with van der Waals surface area (Å²) in [6, 6.07) is 24.0. The molecule has 31 heavy (non-hydrogen) atoms. The van der Waals surface area contributed by atoms with Crippen molar-refractivity contribution in [3.05, 3.63) is 114 Å². The Morgan fingerprint density at radius 2 is 1.42 bits per heavy atom. The van der Waals surface area contributed by atoms with Gasteiger partial charge in [0, 0.05) is 16.7 Å². The number of Topliss-reactive ketones (excluding diaryl/α,β-unsaturated/α-hetero) is 1. The third-order valence-corrected chi connectivity index (χ3v) is 4.20. The van der Waals surface area contributed by atoms with Crippen molar-refractivity contribution in [3.63, 3.8) is 0 Å². The molecule has 0 heterocycles. The molecule has 2 heteroatoms. The van der Waals surface area contributed by atoms with E-state index in [-0.39, 0.29) is 11.6 Å². The zero-order chi connectivity index (χ0) is 23.1. The average Bonchev–Trinajstić information content (AvgIpc) is 2.80. The molecule has 0 aliphatic heterocycles. The lowest BCUT2D eigenvalue weighted by atomic mass is 10.0. The van der Waals surface area contributed by atoms with Gasteiger partial charge >= 0.3 is 0 Å². The van der Waals surface area contributed by atoms with Crippen molar-refractivity contribution < 1.29 is 9.18 Å². The minimum absolute atomic E-state index is 0.112. The average molecular weight is 415 g/mol. The van der Waals surface area contributed by atoms with E-state index in [4.69, 9.17) is 0 Å². The van der Waals surface area contributed by atoms with Gasteiger partial charge in [-0.2, -0.15) is 0 Å². The van der Waals surface area contributed by atoms with E-state index < -0.39 is 0 Å². The van der Waals surface area contributed by atoms with Gasteiger partial charge in [0.1, 0.15) is 5.82 Å². The number of halogens is 1. The van der Waals surface area contributed by atoms with Gasteiger partial charge in [-0.1, -0.05) is 88.1 Å². The first-order chi connectivity index (χ1) is 15.0. The topological polar surface area (TPSA) is 17.1 Å². The molecule has 0 unspecified atom stereocenters. The molecule has 0 aliphatic rings. The number of hydrogen-bond acceptors (Lipinski definition) is 1. The lowest BCUT2D eigenvalue weighted by Gasteiger charge is -2.03. The summed E-state index contributed by atoms with van der Waals surface area (Å²) in [5.41, 5.74) is 4.91. The fourth-order valence-electron chi connectivity index (χ4n) is 2.61. The van der Waals surface area contributed by atoms with Crippen molar-refractivity contribution >= 4 is 11.4 Å². The van der Waals surface area contributed by atoms with Crippen molar-refractivity contribution in [2.24, 2.45) is 0 Å². The maximum absolute atomic E-state index is 12.4. The van der Waals surface area contributed by atoms with Crippen LogP contribution in [0.15, 0.2) is 85.4 Å². The van der Waals surface area contributed by atoms with Crippen molar-refractivity contribution in [2.75, 3.05) is 0 Å². The van der Waals surface area contributed by atoms with Crippen LogP contribution in [0.2, 0.25) is 0 Å². The number of carbonyl (C=O) groups excluding carboxylic acids is 1. The summed E-state index contributed by atoms with van der Waals surface area (Å²) >= 11 is 0. The molecule has 0 bridgehead atoms. The predicted molar refractivity (Wildman–Crippen MR) is 131 cm³/mol. The van der Waals surface area contributed by atoms with E-state index in [1.165, 1.54) is 36.3 Å². The van der Waals surface area contributed by atoms with Gasteiger partial charge in [0.15, 0.2) is 5.78 Å². The molecule has 160 valence electrons. The van der Waals surface area contributed by atoms with Gasteiger partial charge in [-0.3, -0.25) is 4.79 Å². The Morgan fingerprint density at radius 3 is 1.90 bits per heavy atom. The molecule has 0 atom stereocenters. The Hall–Kier alpha value is -3.44. The van der Waals surface area contributed by atoms with Gasteiger partial charge in [-0.15, -0.1) is 0 Å². The van der Waals surface area contributed by atoms with E-state index in [1.54, 1.807) is 6.07 Å². The first kappa shape index (κ1) is 25.6. The second-order valence-corrected chi connectivity index (χ2v) is 6.61. The normalized spacial score (nSPS) is 9.06. The van der Waals surface area contributed by atoms with Crippen LogP contribution in [0.4, 0.5) is 4.39 Å². The van der Waals surface area contributed by atoms with Crippen LogP contribution in [0, 0.1) is 17.7 Å². The minimum Gasteiger partial charge on any atom is -0.295 e. The summed E-state index contributed by atoms with van der Waals surface area (Å²) in [7, 11) is 0. The molecule has 0 amide bonds.